The molecule has 0 aliphatic rings. The highest BCUT2D eigenvalue weighted by Gasteiger charge is 2.17. The first-order chi connectivity index (χ1) is 7.56. The molecule has 5 heteroatoms. The van der Waals surface area contributed by atoms with Gasteiger partial charge in [-0.3, -0.25) is 4.79 Å². The summed E-state index contributed by atoms with van der Waals surface area (Å²) in [6.07, 6.45) is -1.41. The van der Waals surface area contributed by atoms with Gasteiger partial charge in [0, 0.05) is 5.56 Å². The zero-order valence-corrected chi connectivity index (χ0v) is 9.60. The number of amides is 1. The number of carbonyl (C=O) groups is 1. The molecule has 16 heavy (non-hydrogen) atoms. The third-order valence-electron chi connectivity index (χ3n) is 2.33. The van der Waals surface area contributed by atoms with Gasteiger partial charge in [0.05, 0.1) is 6.10 Å². The van der Waals surface area contributed by atoms with Crippen LogP contribution in [0.1, 0.15) is 28.4 Å². The van der Waals surface area contributed by atoms with E-state index in [1.807, 2.05) is 0 Å². The maximum atomic E-state index is 10.8. The second-order valence-corrected chi connectivity index (χ2v) is 3.96. The number of carbonyl (C=O) groups excluding carboxylic acids is 1. The van der Waals surface area contributed by atoms with Crippen molar-refractivity contribution in [2.24, 2.45) is 5.73 Å². The molecule has 1 rings (SSSR count). The molecule has 2 unspecified atom stereocenters. The Morgan fingerprint density at radius 3 is 2.31 bits per heavy atom. The number of nitrogens with two attached hydrogens (primary N) is 1. The Labute approximate surface area is 99.5 Å². The minimum atomic E-state index is -0.964. The minimum absolute atomic E-state index is 0.375. The molecule has 1 aromatic carbocycles. The summed E-state index contributed by atoms with van der Waals surface area (Å²) in [5.41, 5.74) is 6.02. The molecule has 0 aromatic heterocycles. The lowest BCUT2D eigenvalue weighted by molar-refractivity contribution is 0.0172. The lowest BCUT2D eigenvalue weighted by Crippen LogP contribution is -2.19. The fourth-order valence-electron chi connectivity index (χ4n) is 1.36. The highest BCUT2D eigenvalue weighted by atomic mass is 32.1. The van der Waals surface area contributed by atoms with Crippen LogP contribution in [0.5, 0.6) is 0 Å². The Balaban J connectivity index is 2.77. The van der Waals surface area contributed by atoms with E-state index < -0.39 is 18.1 Å². The number of hydrogen-bond donors (Lipinski definition) is 4. The summed E-state index contributed by atoms with van der Waals surface area (Å²) in [6, 6.07) is 6.20. The zero-order chi connectivity index (χ0) is 12.1. The number of aliphatic hydroxyl groups is 2. The number of hydrogen-bond acceptors (Lipinski definition) is 4. The molecule has 0 fully saturated rings. The normalized spacial score (nSPS) is 14.4. The maximum absolute atomic E-state index is 10.8. The second-order valence-electron chi connectivity index (χ2n) is 3.51. The highest BCUT2D eigenvalue weighted by molar-refractivity contribution is 7.80. The average Bonchev–Trinajstić information content (AvgIpc) is 2.28. The molecule has 0 radical (unpaired) electrons. The van der Waals surface area contributed by atoms with Gasteiger partial charge in [-0.05, 0) is 29.9 Å². The van der Waals surface area contributed by atoms with Gasteiger partial charge < -0.3 is 15.9 Å². The Hall–Kier alpha value is -1.04. The van der Waals surface area contributed by atoms with E-state index in [2.05, 4.69) is 12.6 Å². The Bertz CT molecular complexity index is 353. The van der Waals surface area contributed by atoms with Crippen molar-refractivity contribution in [2.45, 2.75) is 18.6 Å². The monoisotopic (exact) mass is 241 g/mol. The summed E-state index contributed by atoms with van der Waals surface area (Å²) in [7, 11) is 0. The van der Waals surface area contributed by atoms with Gasteiger partial charge >= 0.3 is 0 Å². The summed E-state index contributed by atoms with van der Waals surface area (Å²) in [6.45, 7) is 0. The van der Waals surface area contributed by atoms with E-state index in [1.165, 1.54) is 12.1 Å². The first-order valence-electron chi connectivity index (χ1n) is 4.93. The van der Waals surface area contributed by atoms with E-state index in [1.54, 1.807) is 12.1 Å². The Morgan fingerprint density at radius 1 is 1.31 bits per heavy atom. The summed E-state index contributed by atoms with van der Waals surface area (Å²) in [5, 5.41) is 19.3. The quantitative estimate of drug-likeness (QED) is 0.566. The number of aliphatic hydroxyl groups excluding tert-OH is 2. The van der Waals surface area contributed by atoms with Crippen LogP contribution in [0, 0.1) is 0 Å². The molecule has 1 amide bonds. The summed E-state index contributed by atoms with van der Waals surface area (Å²) >= 11 is 3.98. The number of thiol groups is 1. The van der Waals surface area contributed by atoms with Crippen molar-refractivity contribution >= 4 is 18.5 Å². The van der Waals surface area contributed by atoms with Crippen LogP contribution in [0.3, 0.4) is 0 Å². The first kappa shape index (κ1) is 13.0. The van der Waals surface area contributed by atoms with Crippen molar-refractivity contribution in [2.75, 3.05) is 5.75 Å². The van der Waals surface area contributed by atoms with Gasteiger partial charge in [-0.25, -0.2) is 0 Å². The van der Waals surface area contributed by atoms with Crippen molar-refractivity contribution in [1.82, 2.24) is 0 Å². The second kappa shape index (κ2) is 5.89. The lowest BCUT2D eigenvalue weighted by Gasteiger charge is -2.17. The van der Waals surface area contributed by atoms with Crippen molar-refractivity contribution < 1.29 is 15.0 Å². The van der Waals surface area contributed by atoms with Crippen molar-refractivity contribution in [3.8, 4) is 0 Å². The predicted octanol–water partition coefficient (Wildman–Crippen LogP) is 0.500. The molecule has 0 spiro atoms. The van der Waals surface area contributed by atoms with Gasteiger partial charge in [0.2, 0.25) is 5.91 Å². The van der Waals surface area contributed by atoms with Gasteiger partial charge in [-0.2, -0.15) is 12.6 Å². The molecule has 88 valence electrons. The molecule has 2 atom stereocenters. The molecule has 0 aliphatic heterocycles. The summed E-state index contributed by atoms with van der Waals surface area (Å²) in [5.74, 6) is -0.0191. The number of rotatable bonds is 5. The maximum Gasteiger partial charge on any atom is 0.248 e. The van der Waals surface area contributed by atoms with E-state index in [9.17, 15) is 15.0 Å². The van der Waals surface area contributed by atoms with Crippen LogP contribution < -0.4 is 5.73 Å². The molecule has 0 aliphatic carbocycles. The SMILES string of the molecule is NC(=O)c1ccc(C(O)C(O)CCS)cc1. The van der Waals surface area contributed by atoms with Gasteiger partial charge in [0.15, 0.2) is 0 Å². The lowest BCUT2D eigenvalue weighted by atomic mass is 10.0. The van der Waals surface area contributed by atoms with Crippen LogP contribution in [-0.2, 0) is 0 Å². The summed E-state index contributed by atoms with van der Waals surface area (Å²) in [4.78, 5) is 10.8. The molecule has 0 heterocycles. The number of primary amides is 1. The van der Waals surface area contributed by atoms with E-state index in [0.717, 1.165) is 0 Å². The zero-order valence-electron chi connectivity index (χ0n) is 8.71. The fraction of sp³-hybridized carbons (Fsp3) is 0.364. The molecule has 4 nitrogen and oxygen atoms in total. The van der Waals surface area contributed by atoms with Crippen LogP contribution in [0.25, 0.3) is 0 Å². The van der Waals surface area contributed by atoms with Crippen LogP contribution >= 0.6 is 12.6 Å². The van der Waals surface area contributed by atoms with Crippen molar-refractivity contribution in [3.63, 3.8) is 0 Å². The highest BCUT2D eigenvalue weighted by Crippen LogP contribution is 2.19. The molecule has 0 saturated carbocycles. The molecule has 0 saturated heterocycles. The molecule has 4 N–H and O–H groups in total. The molecule has 0 bridgehead atoms. The van der Waals surface area contributed by atoms with Gasteiger partial charge in [-0.1, -0.05) is 12.1 Å². The molecular weight excluding hydrogens is 226 g/mol. The van der Waals surface area contributed by atoms with E-state index in [4.69, 9.17) is 5.73 Å². The topological polar surface area (TPSA) is 83.6 Å². The fourth-order valence-corrected chi connectivity index (χ4v) is 1.62. The standard InChI is InChI=1S/C11H15NO3S/c12-11(15)8-3-1-7(2-4-8)10(14)9(13)5-6-16/h1-4,9-10,13-14,16H,5-6H2,(H2,12,15). The van der Waals surface area contributed by atoms with Crippen LogP contribution in [0.2, 0.25) is 0 Å². The van der Waals surface area contributed by atoms with E-state index >= 15 is 0 Å². The number of benzene rings is 1. The van der Waals surface area contributed by atoms with Crippen LogP contribution in [0.4, 0.5) is 0 Å². The summed E-state index contributed by atoms with van der Waals surface area (Å²) < 4.78 is 0. The molecule has 1 aromatic rings. The van der Waals surface area contributed by atoms with Crippen molar-refractivity contribution in [1.29, 1.82) is 0 Å². The van der Waals surface area contributed by atoms with Crippen LogP contribution in [-0.4, -0.2) is 28.0 Å². The average molecular weight is 241 g/mol. The third-order valence-corrected chi connectivity index (χ3v) is 2.58. The van der Waals surface area contributed by atoms with Gasteiger partial charge in [-0.15, -0.1) is 0 Å². The predicted molar refractivity (Wildman–Crippen MR) is 64.4 cm³/mol. The smallest absolute Gasteiger partial charge is 0.248 e. The van der Waals surface area contributed by atoms with Gasteiger partial charge in [0.1, 0.15) is 6.10 Å². The van der Waals surface area contributed by atoms with Gasteiger partial charge in [0.25, 0.3) is 0 Å². The van der Waals surface area contributed by atoms with Crippen LogP contribution in [0.15, 0.2) is 24.3 Å². The first-order valence-corrected chi connectivity index (χ1v) is 5.56. The third kappa shape index (κ3) is 3.23. The Kier molecular flexibility index (Phi) is 4.79. The largest absolute Gasteiger partial charge is 0.390 e. The minimum Gasteiger partial charge on any atom is -0.390 e. The van der Waals surface area contributed by atoms with Crippen molar-refractivity contribution in [3.05, 3.63) is 35.4 Å². The van der Waals surface area contributed by atoms with E-state index in [0.29, 0.717) is 23.3 Å². The molecular formula is C11H15NO3S. The van der Waals surface area contributed by atoms with E-state index in [-0.39, 0.29) is 0 Å². The Morgan fingerprint density at radius 2 is 1.88 bits per heavy atom.